The average Bonchev–Trinajstić information content (AvgIpc) is 2.77. The zero-order valence-corrected chi connectivity index (χ0v) is 11.0. The van der Waals surface area contributed by atoms with Crippen LogP contribution in [0.3, 0.4) is 0 Å². The molecule has 1 saturated carbocycles. The smallest absolute Gasteiger partial charge is 0.123 e. The number of halogens is 1. The molecule has 0 atom stereocenters. The third kappa shape index (κ3) is 2.88. The highest BCUT2D eigenvalue weighted by molar-refractivity contribution is 5.27. The lowest BCUT2D eigenvalue weighted by atomic mass is 9.74. The van der Waals surface area contributed by atoms with E-state index in [1.807, 2.05) is 12.1 Å². The summed E-state index contributed by atoms with van der Waals surface area (Å²) in [5.41, 5.74) is 1.70. The molecule has 1 aliphatic carbocycles. The van der Waals surface area contributed by atoms with Crippen LogP contribution in [0.1, 0.15) is 57.9 Å². The third-order valence-electron chi connectivity index (χ3n) is 4.22. The first kappa shape index (κ1) is 12.6. The van der Waals surface area contributed by atoms with Gasteiger partial charge in [-0.3, -0.25) is 0 Å². The van der Waals surface area contributed by atoms with Crippen LogP contribution in [0, 0.1) is 11.7 Å². The molecule has 94 valence electrons. The Balaban J connectivity index is 2.18. The molecule has 0 spiro atoms. The van der Waals surface area contributed by atoms with Gasteiger partial charge in [-0.05, 0) is 48.3 Å². The van der Waals surface area contributed by atoms with Gasteiger partial charge in [0, 0.05) is 0 Å². The van der Waals surface area contributed by atoms with Crippen LogP contribution in [-0.2, 0) is 5.41 Å². The van der Waals surface area contributed by atoms with Crippen LogP contribution in [0.5, 0.6) is 0 Å². The topological polar surface area (TPSA) is 0 Å². The first-order valence-corrected chi connectivity index (χ1v) is 6.88. The summed E-state index contributed by atoms with van der Waals surface area (Å²) < 4.78 is 13.0. The van der Waals surface area contributed by atoms with Gasteiger partial charge in [0.15, 0.2) is 0 Å². The molecule has 1 fully saturated rings. The van der Waals surface area contributed by atoms with Gasteiger partial charge < -0.3 is 0 Å². The maximum absolute atomic E-state index is 13.0. The zero-order valence-electron chi connectivity index (χ0n) is 11.0. The van der Waals surface area contributed by atoms with Crippen molar-refractivity contribution in [3.8, 4) is 0 Å². The minimum atomic E-state index is -0.120. The summed E-state index contributed by atoms with van der Waals surface area (Å²) in [6, 6.07) is 7.23. The van der Waals surface area contributed by atoms with Gasteiger partial charge in [-0.2, -0.15) is 0 Å². The Morgan fingerprint density at radius 1 is 1.12 bits per heavy atom. The van der Waals surface area contributed by atoms with Gasteiger partial charge in [0.05, 0.1) is 0 Å². The Bertz CT molecular complexity index is 344. The minimum Gasteiger partial charge on any atom is -0.207 e. The Hall–Kier alpha value is -0.850. The summed E-state index contributed by atoms with van der Waals surface area (Å²) in [6.45, 7) is 4.57. The summed E-state index contributed by atoms with van der Waals surface area (Å²) in [5, 5.41) is 0. The van der Waals surface area contributed by atoms with E-state index in [2.05, 4.69) is 13.8 Å². The van der Waals surface area contributed by atoms with Crippen LogP contribution < -0.4 is 0 Å². The molecule has 1 aromatic carbocycles. The fraction of sp³-hybridized carbons (Fsp3) is 0.625. The molecular weight excluding hydrogens is 211 g/mol. The van der Waals surface area contributed by atoms with E-state index in [-0.39, 0.29) is 5.82 Å². The van der Waals surface area contributed by atoms with Crippen molar-refractivity contribution in [2.24, 2.45) is 5.92 Å². The number of hydrogen-bond acceptors (Lipinski definition) is 0. The van der Waals surface area contributed by atoms with Gasteiger partial charge in [0.1, 0.15) is 5.82 Å². The van der Waals surface area contributed by atoms with E-state index < -0.39 is 0 Å². The first-order chi connectivity index (χ1) is 8.12. The molecule has 0 unspecified atom stereocenters. The lowest BCUT2D eigenvalue weighted by Gasteiger charge is -2.30. The highest BCUT2D eigenvalue weighted by atomic mass is 19.1. The maximum Gasteiger partial charge on any atom is 0.123 e. The van der Waals surface area contributed by atoms with Gasteiger partial charge in [-0.15, -0.1) is 0 Å². The van der Waals surface area contributed by atoms with Crippen molar-refractivity contribution in [2.75, 3.05) is 0 Å². The van der Waals surface area contributed by atoms with E-state index >= 15 is 0 Å². The van der Waals surface area contributed by atoms with Crippen LogP contribution in [0.4, 0.5) is 4.39 Å². The van der Waals surface area contributed by atoms with Crippen LogP contribution >= 0.6 is 0 Å². The number of hydrogen-bond donors (Lipinski definition) is 0. The third-order valence-corrected chi connectivity index (χ3v) is 4.22. The van der Waals surface area contributed by atoms with Crippen molar-refractivity contribution in [3.05, 3.63) is 35.6 Å². The molecule has 2 rings (SSSR count). The summed E-state index contributed by atoms with van der Waals surface area (Å²) in [5.74, 6) is 0.638. The van der Waals surface area contributed by atoms with E-state index in [0.29, 0.717) is 5.41 Å². The molecule has 1 aliphatic rings. The highest BCUT2D eigenvalue weighted by Crippen LogP contribution is 2.45. The molecule has 0 aliphatic heterocycles. The van der Waals surface area contributed by atoms with Crippen molar-refractivity contribution in [1.82, 2.24) is 0 Å². The van der Waals surface area contributed by atoms with Crippen molar-refractivity contribution in [3.63, 3.8) is 0 Å². The van der Waals surface area contributed by atoms with Gasteiger partial charge in [-0.1, -0.05) is 45.2 Å². The number of benzene rings is 1. The molecule has 17 heavy (non-hydrogen) atoms. The predicted molar refractivity (Wildman–Crippen MR) is 70.6 cm³/mol. The lowest BCUT2D eigenvalue weighted by Crippen LogP contribution is -2.22. The molecule has 0 saturated heterocycles. The van der Waals surface area contributed by atoms with Gasteiger partial charge in [0.2, 0.25) is 0 Å². The fourth-order valence-electron chi connectivity index (χ4n) is 3.10. The van der Waals surface area contributed by atoms with Crippen molar-refractivity contribution in [2.45, 2.75) is 57.8 Å². The zero-order chi connectivity index (χ0) is 12.3. The summed E-state index contributed by atoms with van der Waals surface area (Å²) in [6.07, 6.45) is 7.76. The normalized spacial score (nSPS) is 18.8. The molecule has 1 aromatic rings. The predicted octanol–water partition coefficient (Wildman–Crippen LogP) is 5.07. The van der Waals surface area contributed by atoms with Crippen LogP contribution in [0.15, 0.2) is 24.3 Å². The Labute approximate surface area is 104 Å². The minimum absolute atomic E-state index is 0.120. The highest BCUT2D eigenvalue weighted by Gasteiger charge is 2.35. The summed E-state index contributed by atoms with van der Waals surface area (Å²) in [7, 11) is 0. The van der Waals surface area contributed by atoms with Crippen molar-refractivity contribution in [1.29, 1.82) is 0 Å². The van der Waals surface area contributed by atoms with E-state index in [0.717, 1.165) is 5.92 Å². The average molecular weight is 234 g/mol. The van der Waals surface area contributed by atoms with Crippen molar-refractivity contribution < 1.29 is 4.39 Å². The number of rotatable bonds is 4. The molecule has 0 amide bonds. The van der Waals surface area contributed by atoms with Crippen LogP contribution in [-0.4, -0.2) is 0 Å². The second-order valence-corrected chi connectivity index (χ2v) is 5.93. The summed E-state index contributed by atoms with van der Waals surface area (Å²) >= 11 is 0. The first-order valence-electron chi connectivity index (χ1n) is 6.88. The van der Waals surface area contributed by atoms with Crippen LogP contribution in [0.25, 0.3) is 0 Å². The summed E-state index contributed by atoms with van der Waals surface area (Å²) in [4.78, 5) is 0. The molecule has 0 aromatic heterocycles. The maximum atomic E-state index is 13.0. The van der Waals surface area contributed by atoms with Crippen molar-refractivity contribution >= 4 is 0 Å². The monoisotopic (exact) mass is 234 g/mol. The van der Waals surface area contributed by atoms with Gasteiger partial charge >= 0.3 is 0 Å². The Morgan fingerprint density at radius 2 is 1.71 bits per heavy atom. The Morgan fingerprint density at radius 3 is 2.24 bits per heavy atom. The van der Waals surface area contributed by atoms with E-state index in [1.165, 1.54) is 44.1 Å². The van der Waals surface area contributed by atoms with E-state index in [9.17, 15) is 4.39 Å². The van der Waals surface area contributed by atoms with Crippen LogP contribution in [0.2, 0.25) is 0 Å². The largest absolute Gasteiger partial charge is 0.207 e. The molecule has 0 radical (unpaired) electrons. The van der Waals surface area contributed by atoms with Gasteiger partial charge in [-0.25, -0.2) is 4.39 Å². The SMILES string of the molecule is CC(C)CCC1(c2ccc(F)cc2)CCCC1. The molecule has 1 heteroatoms. The Kier molecular flexibility index (Phi) is 3.86. The fourth-order valence-corrected chi connectivity index (χ4v) is 3.10. The standard InChI is InChI=1S/C16H23F/c1-13(2)9-12-16(10-3-4-11-16)14-5-7-15(17)8-6-14/h5-8,13H,3-4,9-12H2,1-2H3. The molecule has 0 bridgehead atoms. The second kappa shape index (κ2) is 5.20. The molecule has 0 heterocycles. The molecule has 0 nitrogen and oxygen atoms in total. The molecule has 0 N–H and O–H groups in total. The quantitative estimate of drug-likeness (QED) is 0.682. The second-order valence-electron chi connectivity index (χ2n) is 5.93. The lowest BCUT2D eigenvalue weighted by molar-refractivity contribution is 0.362. The molecular formula is C16H23F. The van der Waals surface area contributed by atoms with Gasteiger partial charge in [0.25, 0.3) is 0 Å². The van der Waals surface area contributed by atoms with E-state index in [1.54, 1.807) is 12.1 Å². The van der Waals surface area contributed by atoms with E-state index in [4.69, 9.17) is 0 Å².